The van der Waals surface area contributed by atoms with Gasteiger partial charge < -0.3 is 14.2 Å². The zero-order valence-corrected chi connectivity index (χ0v) is 23.9. The Labute approximate surface area is 237 Å². The number of hydrogen-bond acceptors (Lipinski definition) is 8. The molecule has 12 heteroatoms. The Kier molecular flexibility index (Phi) is 8.24. The van der Waals surface area contributed by atoms with E-state index in [9.17, 15) is 25.9 Å². The van der Waals surface area contributed by atoms with Crippen molar-refractivity contribution >= 4 is 53.6 Å². The molecule has 0 spiro atoms. The Bertz CT molecular complexity index is 1770. The lowest BCUT2D eigenvalue weighted by molar-refractivity contribution is -0.668. The van der Waals surface area contributed by atoms with E-state index in [4.69, 9.17) is 4.74 Å². The van der Waals surface area contributed by atoms with E-state index in [1.54, 1.807) is 0 Å². The lowest BCUT2D eigenvalue weighted by atomic mass is 10.0. The fourth-order valence-corrected chi connectivity index (χ4v) is 6.87. The molecule has 0 saturated carbocycles. The first-order valence-electron chi connectivity index (χ1n) is 12.7. The summed E-state index contributed by atoms with van der Waals surface area (Å²) in [7, 11) is -8.39. The molecule has 1 aliphatic heterocycles. The molecule has 0 aliphatic carbocycles. The predicted octanol–water partition coefficient (Wildman–Crippen LogP) is 4.66. The normalized spacial score (nSPS) is 14.6. The van der Waals surface area contributed by atoms with Crippen LogP contribution in [-0.4, -0.2) is 44.0 Å². The van der Waals surface area contributed by atoms with E-state index in [1.807, 2.05) is 88.3 Å². The fourth-order valence-electron chi connectivity index (χ4n) is 4.70. The molecular formula is C28H28N2O7S3. The predicted molar refractivity (Wildman–Crippen MR) is 155 cm³/mol. The van der Waals surface area contributed by atoms with E-state index in [-0.39, 0.29) is 18.6 Å². The Morgan fingerprint density at radius 1 is 0.900 bits per heavy atom. The van der Waals surface area contributed by atoms with Gasteiger partial charge >= 0.3 is 0 Å². The number of aryl methyl sites for hydroxylation is 1. The maximum atomic E-state index is 11.3. The van der Waals surface area contributed by atoms with Crippen LogP contribution in [0, 0.1) is 0 Å². The molecule has 9 nitrogen and oxygen atoms in total. The van der Waals surface area contributed by atoms with Gasteiger partial charge in [-0.2, -0.15) is 13.0 Å². The van der Waals surface area contributed by atoms with Gasteiger partial charge in [-0.25, -0.2) is 8.42 Å². The van der Waals surface area contributed by atoms with Gasteiger partial charge in [-0.15, -0.1) is 0 Å². The van der Waals surface area contributed by atoms with Crippen molar-refractivity contribution in [2.75, 3.05) is 23.0 Å². The number of rotatable bonds is 11. The van der Waals surface area contributed by atoms with Crippen LogP contribution in [-0.2, 0) is 26.8 Å². The van der Waals surface area contributed by atoms with Gasteiger partial charge in [0.05, 0.1) is 27.6 Å². The summed E-state index contributed by atoms with van der Waals surface area (Å²) in [5.41, 5.74) is 3.81. The van der Waals surface area contributed by atoms with E-state index in [2.05, 4.69) is 0 Å². The minimum Gasteiger partial charge on any atom is -0.748 e. The van der Waals surface area contributed by atoms with E-state index in [1.165, 1.54) is 11.3 Å². The Hall–Kier alpha value is -3.29. The monoisotopic (exact) mass is 600 g/mol. The zero-order valence-electron chi connectivity index (χ0n) is 21.5. The molecule has 1 N–H and O–H groups in total. The topological polar surface area (TPSA) is 128 Å². The quantitative estimate of drug-likeness (QED) is 0.150. The number of para-hydroxylation sites is 1. The molecule has 1 aromatic heterocycles. The van der Waals surface area contributed by atoms with E-state index >= 15 is 0 Å². The molecule has 0 atom stereocenters. The third-order valence-corrected chi connectivity index (χ3v) is 9.24. The van der Waals surface area contributed by atoms with Gasteiger partial charge in [-0.3, -0.25) is 4.55 Å². The second-order valence-corrected chi connectivity index (χ2v) is 13.6. The third-order valence-electron chi connectivity index (χ3n) is 6.53. The molecule has 0 unspecified atom stereocenters. The van der Waals surface area contributed by atoms with E-state index in [0.717, 1.165) is 32.0 Å². The first-order valence-corrected chi connectivity index (χ1v) is 16.7. The number of hydrogen-bond donors (Lipinski definition) is 1. The maximum absolute atomic E-state index is 11.3. The third kappa shape index (κ3) is 6.88. The number of nitrogens with zero attached hydrogens (tertiary/aromatic N) is 2. The van der Waals surface area contributed by atoms with Crippen LogP contribution in [0.1, 0.15) is 24.3 Å². The highest BCUT2D eigenvalue weighted by atomic mass is 32.2. The molecule has 2 heterocycles. The van der Waals surface area contributed by atoms with Gasteiger partial charge in [0.15, 0.2) is 12.3 Å². The average molecular weight is 601 g/mol. The molecule has 0 radical (unpaired) electrons. The molecule has 40 heavy (non-hydrogen) atoms. The van der Waals surface area contributed by atoms with Gasteiger partial charge in [0.1, 0.15) is 4.70 Å². The van der Waals surface area contributed by atoms with Crippen LogP contribution < -0.4 is 14.2 Å². The Morgan fingerprint density at radius 2 is 1.65 bits per heavy atom. The lowest BCUT2D eigenvalue weighted by Gasteiger charge is -2.19. The number of fused-ring (bicyclic) bond motifs is 2. The molecule has 5 rings (SSSR count). The van der Waals surface area contributed by atoms with E-state index in [0.29, 0.717) is 31.1 Å². The zero-order chi connectivity index (χ0) is 28.3. The largest absolute Gasteiger partial charge is 0.748 e. The first kappa shape index (κ1) is 28.2. The molecular weight excluding hydrogens is 573 g/mol. The SMILES string of the molecule is O=S(=O)([O-])CCCCN1C(=Cc2sc3ccccc3[n+]2CCCS(=O)(=O)O)Oc2ccc(-c3ccccc3)cc21. The van der Waals surface area contributed by atoms with Crippen LogP contribution in [0.2, 0.25) is 0 Å². The van der Waals surface area contributed by atoms with Crippen LogP contribution in [0.5, 0.6) is 5.75 Å². The van der Waals surface area contributed by atoms with Gasteiger partial charge in [0.2, 0.25) is 11.4 Å². The highest BCUT2D eigenvalue weighted by Crippen LogP contribution is 2.42. The molecule has 210 valence electrons. The number of aromatic nitrogens is 1. The van der Waals surface area contributed by atoms with Crippen molar-refractivity contribution in [2.45, 2.75) is 25.8 Å². The number of ether oxygens (including phenoxy) is 1. The number of unbranched alkanes of at least 4 members (excludes halogenated alkanes) is 1. The molecule has 0 amide bonds. The van der Waals surface area contributed by atoms with Crippen LogP contribution in [0.3, 0.4) is 0 Å². The van der Waals surface area contributed by atoms with Crippen molar-refractivity contribution in [1.82, 2.24) is 0 Å². The van der Waals surface area contributed by atoms with Crippen LogP contribution in [0.25, 0.3) is 27.4 Å². The number of benzene rings is 3. The molecule has 0 fully saturated rings. The van der Waals surface area contributed by atoms with Crippen molar-refractivity contribution < 1.29 is 35.2 Å². The summed E-state index contributed by atoms with van der Waals surface area (Å²) in [4.78, 5) is 1.98. The average Bonchev–Trinajstić information content (AvgIpc) is 3.43. The van der Waals surface area contributed by atoms with Crippen LogP contribution in [0.15, 0.2) is 78.7 Å². The summed E-state index contributed by atoms with van der Waals surface area (Å²) in [5.74, 6) is 0.419. The van der Waals surface area contributed by atoms with Crippen molar-refractivity contribution in [2.24, 2.45) is 0 Å². The van der Waals surface area contributed by atoms with Gasteiger partial charge in [-0.1, -0.05) is 59.9 Å². The summed E-state index contributed by atoms with van der Waals surface area (Å²) in [6, 6.07) is 23.6. The highest BCUT2D eigenvalue weighted by molar-refractivity contribution is 7.85. The Morgan fingerprint density at radius 3 is 2.40 bits per heavy atom. The van der Waals surface area contributed by atoms with Gasteiger partial charge in [-0.05, 0) is 42.2 Å². The highest BCUT2D eigenvalue weighted by Gasteiger charge is 2.29. The van der Waals surface area contributed by atoms with Crippen molar-refractivity contribution in [3.63, 3.8) is 0 Å². The minimum absolute atomic E-state index is 0.224. The minimum atomic E-state index is -4.30. The standard InChI is InChI=1S/C28H28N2O7S3/c31-39(32,33)17-7-6-15-29-24-19-22(21-9-2-1-3-10-21)13-14-25(24)37-27(29)20-28-30(16-8-18-40(34,35)36)23-11-4-5-12-26(23)38-28/h1-5,9-14,19-20H,6-8,15-18H2,(H-,31,32,33,34,35,36). The summed E-state index contributed by atoms with van der Waals surface area (Å²) < 4.78 is 74.6. The number of anilines is 1. The first-order chi connectivity index (χ1) is 19.1. The molecule has 1 aliphatic rings. The molecule has 0 bridgehead atoms. The lowest BCUT2D eigenvalue weighted by Crippen LogP contribution is -2.36. The van der Waals surface area contributed by atoms with E-state index < -0.39 is 26.0 Å². The molecule has 3 aromatic carbocycles. The van der Waals surface area contributed by atoms with Crippen molar-refractivity contribution in [1.29, 1.82) is 0 Å². The molecule has 4 aromatic rings. The fraction of sp³-hybridized carbons (Fsp3) is 0.250. The maximum Gasteiger partial charge on any atom is 0.268 e. The molecule has 0 saturated heterocycles. The summed E-state index contributed by atoms with van der Waals surface area (Å²) in [5, 5.41) is 0.828. The van der Waals surface area contributed by atoms with Crippen molar-refractivity contribution in [3.05, 3.63) is 83.7 Å². The van der Waals surface area contributed by atoms with Crippen LogP contribution in [0.4, 0.5) is 5.69 Å². The Balaban J connectivity index is 1.51. The second kappa shape index (κ2) is 11.7. The van der Waals surface area contributed by atoms with Gasteiger partial charge in [0, 0.05) is 24.8 Å². The van der Waals surface area contributed by atoms with Crippen molar-refractivity contribution in [3.8, 4) is 16.9 Å². The summed E-state index contributed by atoms with van der Waals surface area (Å²) >= 11 is 1.53. The summed E-state index contributed by atoms with van der Waals surface area (Å²) in [6.07, 6.45) is 2.81. The number of thiazole rings is 1. The smallest absolute Gasteiger partial charge is 0.268 e. The summed E-state index contributed by atoms with van der Waals surface area (Å²) in [6.45, 7) is 0.801. The van der Waals surface area contributed by atoms with Crippen LogP contribution >= 0.6 is 11.3 Å². The van der Waals surface area contributed by atoms with Gasteiger partial charge in [0.25, 0.3) is 15.1 Å². The second-order valence-electron chi connectivity index (χ2n) is 9.45.